The highest BCUT2D eigenvalue weighted by Crippen LogP contribution is 2.34. The molecule has 2 aliphatic rings. The van der Waals surface area contributed by atoms with Crippen LogP contribution in [-0.4, -0.2) is 61.3 Å². The van der Waals surface area contributed by atoms with Gasteiger partial charge in [0.2, 0.25) is 0 Å². The van der Waals surface area contributed by atoms with Gasteiger partial charge < -0.3 is 14.7 Å². The van der Waals surface area contributed by atoms with E-state index in [0.29, 0.717) is 12.2 Å². The Balaban J connectivity index is 1.62. The second-order valence-electron chi connectivity index (χ2n) is 7.47. The molecule has 1 amide bonds. The van der Waals surface area contributed by atoms with Crippen LogP contribution in [0.4, 0.5) is 11.4 Å². The van der Waals surface area contributed by atoms with Crippen LogP contribution in [-0.2, 0) is 12.8 Å². The third-order valence-corrected chi connectivity index (χ3v) is 5.43. The van der Waals surface area contributed by atoms with Crippen LogP contribution in [0.5, 0.6) is 0 Å². The zero-order valence-electron chi connectivity index (χ0n) is 15.7. The average molecular weight is 353 g/mol. The summed E-state index contributed by atoms with van der Waals surface area (Å²) in [6.45, 7) is 3.51. The summed E-state index contributed by atoms with van der Waals surface area (Å²) < 4.78 is 0. The lowest BCUT2D eigenvalue weighted by Gasteiger charge is -2.38. The Morgan fingerprint density at radius 2 is 1.92 bits per heavy atom. The van der Waals surface area contributed by atoms with Crippen LogP contribution in [0.25, 0.3) is 0 Å². The van der Waals surface area contributed by atoms with Crippen LogP contribution < -0.4 is 9.80 Å². The van der Waals surface area contributed by atoms with E-state index in [1.54, 1.807) is 0 Å². The highest BCUT2D eigenvalue weighted by atomic mass is 16.2. The molecule has 26 heavy (non-hydrogen) atoms. The van der Waals surface area contributed by atoms with E-state index in [4.69, 9.17) is 0 Å². The van der Waals surface area contributed by atoms with Crippen molar-refractivity contribution in [3.8, 4) is 0 Å². The van der Waals surface area contributed by atoms with Crippen molar-refractivity contribution in [2.75, 3.05) is 50.1 Å². The zero-order chi connectivity index (χ0) is 18.1. The summed E-state index contributed by atoms with van der Waals surface area (Å²) in [5.74, 6) is 0.0316. The second kappa shape index (κ2) is 7.11. The van der Waals surface area contributed by atoms with E-state index in [2.05, 4.69) is 40.2 Å². The lowest BCUT2D eigenvalue weighted by Crippen LogP contribution is -2.46. The fraction of sp³-hybridized carbons (Fsp3) is 0.500. The summed E-state index contributed by atoms with van der Waals surface area (Å²) >= 11 is 0. The van der Waals surface area contributed by atoms with Crippen LogP contribution in [0.1, 0.15) is 34.6 Å². The Morgan fingerprint density at radius 1 is 1.15 bits per heavy atom. The van der Waals surface area contributed by atoms with Crippen molar-refractivity contribution in [2.24, 2.45) is 0 Å². The SMILES string of the molecule is CN(C)CCN1CCN(C(=O)c2n[nH]c3c2CCCC3)c2ccccc21. The van der Waals surface area contributed by atoms with Gasteiger partial charge in [-0.05, 0) is 51.9 Å². The summed E-state index contributed by atoms with van der Waals surface area (Å²) in [6.07, 6.45) is 4.28. The summed E-state index contributed by atoms with van der Waals surface area (Å²) in [7, 11) is 4.18. The predicted molar refractivity (Wildman–Crippen MR) is 104 cm³/mol. The Hall–Kier alpha value is -2.34. The van der Waals surface area contributed by atoms with Crippen LogP contribution in [0.3, 0.4) is 0 Å². The molecule has 138 valence electrons. The molecule has 6 nitrogen and oxygen atoms in total. The van der Waals surface area contributed by atoms with E-state index in [0.717, 1.165) is 61.5 Å². The maximum Gasteiger partial charge on any atom is 0.279 e. The normalized spacial score (nSPS) is 16.6. The molecule has 2 aromatic rings. The zero-order valence-corrected chi connectivity index (χ0v) is 15.7. The van der Waals surface area contributed by atoms with E-state index in [9.17, 15) is 4.79 Å². The maximum atomic E-state index is 13.3. The van der Waals surface area contributed by atoms with Crippen molar-refractivity contribution in [1.82, 2.24) is 15.1 Å². The molecule has 0 saturated carbocycles. The van der Waals surface area contributed by atoms with E-state index in [-0.39, 0.29) is 5.91 Å². The molecule has 0 unspecified atom stereocenters. The van der Waals surface area contributed by atoms with Gasteiger partial charge >= 0.3 is 0 Å². The minimum atomic E-state index is 0.0316. The molecule has 0 fully saturated rings. The first-order chi connectivity index (χ1) is 12.6. The third-order valence-electron chi connectivity index (χ3n) is 5.43. The number of aryl methyl sites for hydroxylation is 1. The number of anilines is 2. The number of nitrogens with one attached hydrogen (secondary N) is 1. The van der Waals surface area contributed by atoms with E-state index in [1.807, 2.05) is 23.1 Å². The molecule has 0 radical (unpaired) electrons. The van der Waals surface area contributed by atoms with Gasteiger partial charge in [-0.3, -0.25) is 9.89 Å². The summed E-state index contributed by atoms with van der Waals surface area (Å²) in [6, 6.07) is 8.22. The van der Waals surface area contributed by atoms with Crippen LogP contribution in [0, 0.1) is 0 Å². The molecule has 1 aliphatic heterocycles. The minimum absolute atomic E-state index is 0.0316. The van der Waals surface area contributed by atoms with Gasteiger partial charge in [-0.25, -0.2) is 0 Å². The Labute approximate surface area is 154 Å². The molecular formula is C20H27N5O. The fourth-order valence-electron chi connectivity index (χ4n) is 3.97. The first-order valence-electron chi connectivity index (χ1n) is 9.52. The highest BCUT2D eigenvalue weighted by Gasteiger charge is 2.31. The van der Waals surface area contributed by atoms with Crippen molar-refractivity contribution in [3.63, 3.8) is 0 Å². The molecule has 1 aromatic heterocycles. The van der Waals surface area contributed by atoms with Gasteiger partial charge in [0.15, 0.2) is 5.69 Å². The van der Waals surface area contributed by atoms with E-state index >= 15 is 0 Å². The van der Waals surface area contributed by atoms with Crippen molar-refractivity contribution >= 4 is 17.3 Å². The number of aromatic nitrogens is 2. The van der Waals surface area contributed by atoms with Gasteiger partial charge in [-0.2, -0.15) is 5.10 Å². The predicted octanol–water partition coefficient (Wildman–Crippen LogP) is 2.32. The minimum Gasteiger partial charge on any atom is -0.367 e. The number of likely N-dealkylation sites (N-methyl/N-ethyl adjacent to an activating group) is 1. The van der Waals surface area contributed by atoms with Crippen molar-refractivity contribution < 1.29 is 4.79 Å². The Bertz CT molecular complexity index is 797. The number of nitrogens with zero attached hydrogens (tertiary/aromatic N) is 4. The quantitative estimate of drug-likeness (QED) is 0.916. The number of fused-ring (bicyclic) bond motifs is 2. The van der Waals surface area contributed by atoms with Crippen LogP contribution >= 0.6 is 0 Å². The number of amides is 1. The molecule has 6 heteroatoms. The molecule has 1 N–H and O–H groups in total. The third kappa shape index (κ3) is 3.09. The number of hydrogen-bond acceptors (Lipinski definition) is 4. The number of rotatable bonds is 4. The molecule has 0 atom stereocenters. The number of aromatic amines is 1. The lowest BCUT2D eigenvalue weighted by atomic mass is 9.95. The smallest absolute Gasteiger partial charge is 0.279 e. The standard InChI is InChI=1S/C20H27N5O/c1-23(2)11-12-24-13-14-25(18-10-6-5-9-17(18)24)20(26)19-15-7-3-4-8-16(15)21-22-19/h5-6,9-10H,3-4,7-8,11-14H2,1-2H3,(H,21,22). The number of para-hydroxylation sites is 2. The first-order valence-corrected chi connectivity index (χ1v) is 9.52. The van der Waals surface area contributed by atoms with Gasteiger partial charge in [0.25, 0.3) is 5.91 Å². The summed E-state index contributed by atoms with van der Waals surface area (Å²) in [5, 5.41) is 7.49. The van der Waals surface area contributed by atoms with E-state index in [1.165, 1.54) is 6.42 Å². The molecule has 1 aliphatic carbocycles. The van der Waals surface area contributed by atoms with Gasteiger partial charge in [0, 0.05) is 37.4 Å². The fourth-order valence-corrected chi connectivity index (χ4v) is 3.97. The number of benzene rings is 1. The monoisotopic (exact) mass is 353 g/mol. The number of hydrogen-bond donors (Lipinski definition) is 1. The molecular weight excluding hydrogens is 326 g/mol. The average Bonchev–Trinajstić information content (AvgIpc) is 3.09. The highest BCUT2D eigenvalue weighted by molar-refractivity contribution is 6.08. The van der Waals surface area contributed by atoms with Crippen molar-refractivity contribution in [1.29, 1.82) is 0 Å². The summed E-state index contributed by atoms with van der Waals surface area (Å²) in [5.41, 5.74) is 5.04. The number of H-pyrrole nitrogens is 1. The molecule has 1 aromatic carbocycles. The lowest BCUT2D eigenvalue weighted by molar-refractivity contribution is 0.0980. The van der Waals surface area contributed by atoms with Gasteiger partial charge in [0.1, 0.15) is 0 Å². The Morgan fingerprint density at radius 3 is 2.73 bits per heavy atom. The van der Waals surface area contributed by atoms with Crippen LogP contribution in [0.2, 0.25) is 0 Å². The van der Waals surface area contributed by atoms with Gasteiger partial charge in [-0.15, -0.1) is 0 Å². The maximum absolute atomic E-state index is 13.3. The molecule has 0 bridgehead atoms. The molecule has 0 saturated heterocycles. The number of carbonyl (C=O) groups excluding carboxylic acids is 1. The van der Waals surface area contributed by atoms with Gasteiger partial charge in [-0.1, -0.05) is 12.1 Å². The van der Waals surface area contributed by atoms with E-state index < -0.39 is 0 Å². The molecule has 0 spiro atoms. The largest absolute Gasteiger partial charge is 0.367 e. The van der Waals surface area contributed by atoms with Crippen molar-refractivity contribution in [2.45, 2.75) is 25.7 Å². The second-order valence-corrected chi connectivity index (χ2v) is 7.47. The first kappa shape index (κ1) is 17.1. The van der Waals surface area contributed by atoms with Crippen molar-refractivity contribution in [3.05, 3.63) is 41.2 Å². The topological polar surface area (TPSA) is 55.5 Å². The summed E-state index contributed by atoms with van der Waals surface area (Å²) in [4.78, 5) is 19.8. The number of carbonyl (C=O) groups is 1. The Kier molecular flexibility index (Phi) is 4.68. The van der Waals surface area contributed by atoms with Crippen LogP contribution in [0.15, 0.2) is 24.3 Å². The van der Waals surface area contributed by atoms with Gasteiger partial charge in [0.05, 0.1) is 11.4 Å². The molecule has 2 heterocycles. The molecule has 4 rings (SSSR count).